The molecule has 4 rings (SSSR count). The van der Waals surface area contributed by atoms with E-state index in [0.717, 1.165) is 5.56 Å². The van der Waals surface area contributed by atoms with Crippen LogP contribution in [-0.2, 0) is 16.9 Å². The number of nitrogens with zero attached hydrogens (tertiary/aromatic N) is 2. The smallest absolute Gasteiger partial charge is 0.276 e. The number of rotatable bonds is 4. The quantitative estimate of drug-likeness (QED) is 0.878. The molecule has 7 heteroatoms. The molecule has 2 atom stereocenters. The number of likely N-dealkylation sites (N-methyl/N-ethyl adjacent to an activating group) is 1. The van der Waals surface area contributed by atoms with Crippen molar-refractivity contribution < 1.29 is 19.4 Å². The number of hydrogen-bond donors (Lipinski definition) is 1. The number of aromatic nitrogens is 1. The van der Waals surface area contributed by atoms with Crippen molar-refractivity contribution in [2.75, 3.05) is 19.8 Å². The minimum absolute atomic E-state index is 0.0166. The van der Waals surface area contributed by atoms with Crippen molar-refractivity contribution in [1.29, 1.82) is 0 Å². The van der Waals surface area contributed by atoms with Crippen LogP contribution in [0.25, 0.3) is 0 Å². The van der Waals surface area contributed by atoms with Gasteiger partial charge in [0.05, 0.1) is 6.61 Å². The van der Waals surface area contributed by atoms with Crippen molar-refractivity contribution in [1.82, 2.24) is 9.47 Å². The van der Waals surface area contributed by atoms with Crippen LogP contribution in [0, 0.1) is 0 Å². The maximum Gasteiger partial charge on any atom is 0.276 e. The van der Waals surface area contributed by atoms with Crippen molar-refractivity contribution in [3.63, 3.8) is 0 Å². The molecule has 1 fully saturated rings. The number of aliphatic hydroxyl groups excluding tert-OH is 1. The molecule has 0 bridgehead atoms. The lowest BCUT2D eigenvalue weighted by Crippen LogP contribution is -2.62. The normalized spacial score (nSPS) is 24.3. The van der Waals surface area contributed by atoms with E-state index in [-0.39, 0.29) is 30.1 Å². The van der Waals surface area contributed by atoms with Gasteiger partial charge in [-0.3, -0.25) is 9.59 Å². The summed E-state index contributed by atoms with van der Waals surface area (Å²) in [5.74, 6) is -0.397. The predicted octanol–water partition coefficient (Wildman–Crippen LogP) is 1.34. The Balaban J connectivity index is 1.82. The van der Waals surface area contributed by atoms with E-state index in [2.05, 4.69) is 0 Å². The Morgan fingerprint density at radius 2 is 2.04 bits per heavy atom. The van der Waals surface area contributed by atoms with E-state index in [4.69, 9.17) is 9.47 Å². The maximum atomic E-state index is 13.1. The summed E-state index contributed by atoms with van der Waals surface area (Å²) >= 11 is 0. The molecule has 0 radical (unpaired) electrons. The molecule has 2 aliphatic rings. The molecule has 1 aromatic carbocycles. The van der Waals surface area contributed by atoms with Gasteiger partial charge in [-0.15, -0.1) is 0 Å². The minimum atomic E-state index is -1.02. The Kier molecular flexibility index (Phi) is 4.49. The second-order valence-corrected chi connectivity index (χ2v) is 6.87. The molecule has 2 aromatic rings. The number of pyridine rings is 1. The Labute approximate surface area is 156 Å². The maximum absolute atomic E-state index is 13.1. The van der Waals surface area contributed by atoms with Crippen molar-refractivity contribution in [2.24, 2.45) is 0 Å². The predicted molar refractivity (Wildman–Crippen MR) is 97.6 cm³/mol. The molecule has 1 saturated heterocycles. The molecule has 1 N–H and O–H groups in total. The van der Waals surface area contributed by atoms with Crippen LogP contribution >= 0.6 is 0 Å². The van der Waals surface area contributed by atoms with Gasteiger partial charge in [0.2, 0.25) is 5.43 Å². The highest BCUT2D eigenvalue weighted by Gasteiger charge is 2.52. The summed E-state index contributed by atoms with van der Waals surface area (Å²) in [5.41, 5.74) is -0.0881. The summed E-state index contributed by atoms with van der Waals surface area (Å²) in [5, 5.41) is 10.9. The number of amides is 1. The first-order valence-electron chi connectivity index (χ1n) is 9.08. The van der Waals surface area contributed by atoms with E-state index in [1.807, 2.05) is 30.3 Å². The van der Waals surface area contributed by atoms with E-state index < -0.39 is 17.7 Å². The molecular weight excluding hydrogens is 348 g/mol. The average Bonchev–Trinajstić information content (AvgIpc) is 3.17. The van der Waals surface area contributed by atoms with Gasteiger partial charge in [0, 0.05) is 31.8 Å². The van der Waals surface area contributed by atoms with Gasteiger partial charge in [-0.25, -0.2) is 0 Å². The first kappa shape index (κ1) is 17.8. The van der Waals surface area contributed by atoms with Crippen LogP contribution in [0.4, 0.5) is 0 Å². The van der Waals surface area contributed by atoms with Gasteiger partial charge < -0.3 is 24.0 Å². The monoisotopic (exact) mass is 370 g/mol. The number of benzene rings is 1. The van der Waals surface area contributed by atoms with Gasteiger partial charge in [-0.05, 0) is 12.5 Å². The number of aliphatic hydroxyl groups is 1. The standard InChI is InChI=1S/C20H22N2O5/c1-2-21-18(24)16-17(27-12-14-6-4-3-5-7-14)15(23)8-10-22(16)20(19(21)25)9-11-26-13-20/h3-8,10,19,25H,2,9,11-13H2,1H3. The lowest BCUT2D eigenvalue weighted by atomic mass is 9.90. The number of carbonyl (C=O) groups excluding carboxylic acids is 1. The van der Waals surface area contributed by atoms with Crippen molar-refractivity contribution >= 4 is 5.91 Å². The zero-order valence-electron chi connectivity index (χ0n) is 15.1. The van der Waals surface area contributed by atoms with Gasteiger partial charge in [0.15, 0.2) is 17.7 Å². The third-order valence-electron chi connectivity index (χ3n) is 5.37. The highest BCUT2D eigenvalue weighted by Crippen LogP contribution is 2.39. The molecule has 7 nitrogen and oxygen atoms in total. The van der Waals surface area contributed by atoms with Crippen molar-refractivity contribution in [3.8, 4) is 5.75 Å². The van der Waals surface area contributed by atoms with Crippen LogP contribution in [0.3, 0.4) is 0 Å². The summed E-state index contributed by atoms with van der Waals surface area (Å²) in [6, 6.07) is 10.8. The molecular formula is C20H22N2O5. The van der Waals surface area contributed by atoms with E-state index >= 15 is 0 Å². The second-order valence-electron chi connectivity index (χ2n) is 6.87. The molecule has 2 unspecified atom stereocenters. The largest absolute Gasteiger partial charge is 0.483 e. The highest BCUT2D eigenvalue weighted by molar-refractivity contribution is 5.96. The zero-order chi connectivity index (χ0) is 19.0. The summed E-state index contributed by atoms with van der Waals surface area (Å²) in [6.45, 7) is 3.05. The third-order valence-corrected chi connectivity index (χ3v) is 5.37. The number of hydrogen-bond acceptors (Lipinski definition) is 5. The Bertz CT molecular complexity index is 902. The molecule has 1 aromatic heterocycles. The topological polar surface area (TPSA) is 81.0 Å². The Hall–Kier alpha value is -2.64. The van der Waals surface area contributed by atoms with Crippen LogP contribution in [0.1, 0.15) is 29.4 Å². The molecule has 1 spiro atoms. The van der Waals surface area contributed by atoms with Gasteiger partial charge in [-0.1, -0.05) is 30.3 Å². The zero-order valence-corrected chi connectivity index (χ0v) is 15.1. The number of fused-ring (bicyclic) bond motifs is 2. The fraction of sp³-hybridized carbons (Fsp3) is 0.400. The summed E-state index contributed by atoms with van der Waals surface area (Å²) < 4.78 is 13.1. The summed E-state index contributed by atoms with van der Waals surface area (Å²) in [6.07, 6.45) is 1.09. The number of ether oxygens (including phenoxy) is 2. The van der Waals surface area contributed by atoms with Crippen LogP contribution in [0.2, 0.25) is 0 Å². The second kappa shape index (κ2) is 6.83. The summed E-state index contributed by atoms with van der Waals surface area (Å²) in [4.78, 5) is 27.0. The molecule has 2 aliphatic heterocycles. The molecule has 27 heavy (non-hydrogen) atoms. The van der Waals surface area contributed by atoms with Gasteiger partial charge >= 0.3 is 0 Å². The van der Waals surface area contributed by atoms with Crippen LogP contribution in [-0.4, -0.2) is 46.5 Å². The lowest BCUT2D eigenvalue weighted by Gasteiger charge is -2.46. The average molecular weight is 370 g/mol. The Morgan fingerprint density at radius 1 is 1.26 bits per heavy atom. The molecule has 3 heterocycles. The van der Waals surface area contributed by atoms with E-state index in [1.54, 1.807) is 17.7 Å². The fourth-order valence-corrected chi connectivity index (χ4v) is 3.90. The van der Waals surface area contributed by atoms with Crippen LogP contribution in [0.15, 0.2) is 47.4 Å². The first-order valence-corrected chi connectivity index (χ1v) is 9.08. The van der Waals surface area contributed by atoms with Crippen molar-refractivity contribution in [2.45, 2.75) is 31.7 Å². The van der Waals surface area contributed by atoms with Crippen LogP contribution < -0.4 is 10.2 Å². The van der Waals surface area contributed by atoms with Crippen molar-refractivity contribution in [3.05, 3.63) is 64.1 Å². The van der Waals surface area contributed by atoms with Crippen LogP contribution in [0.5, 0.6) is 5.75 Å². The molecule has 0 aliphatic carbocycles. The highest BCUT2D eigenvalue weighted by atomic mass is 16.5. The van der Waals surface area contributed by atoms with E-state index in [9.17, 15) is 14.7 Å². The minimum Gasteiger partial charge on any atom is -0.483 e. The third kappa shape index (κ3) is 2.74. The van der Waals surface area contributed by atoms with Gasteiger partial charge in [-0.2, -0.15) is 0 Å². The fourth-order valence-electron chi connectivity index (χ4n) is 3.90. The van der Waals surface area contributed by atoms with Gasteiger partial charge in [0.1, 0.15) is 12.1 Å². The Morgan fingerprint density at radius 3 is 2.70 bits per heavy atom. The SMILES string of the molecule is CCN1C(=O)c2c(OCc3ccccc3)c(=O)ccn2C2(CCOC2)C1O. The number of carbonyl (C=O) groups is 1. The lowest BCUT2D eigenvalue weighted by molar-refractivity contribution is -0.0821. The molecule has 142 valence electrons. The molecule has 0 saturated carbocycles. The van der Waals surface area contributed by atoms with Gasteiger partial charge in [0.25, 0.3) is 5.91 Å². The molecule has 1 amide bonds. The van der Waals surface area contributed by atoms with E-state index in [0.29, 0.717) is 19.6 Å². The first-order chi connectivity index (χ1) is 13.1. The van der Waals surface area contributed by atoms with E-state index in [1.165, 1.54) is 11.0 Å². The summed E-state index contributed by atoms with van der Waals surface area (Å²) in [7, 11) is 0.